The fourth-order valence-electron chi connectivity index (χ4n) is 2.79. The van der Waals surface area contributed by atoms with Gasteiger partial charge in [-0.25, -0.2) is 0 Å². The molecule has 0 saturated heterocycles. The number of hydrogen-bond acceptors (Lipinski definition) is 2. The Labute approximate surface area is 155 Å². The van der Waals surface area contributed by atoms with Gasteiger partial charge in [0.25, 0.3) is 0 Å². The van der Waals surface area contributed by atoms with Gasteiger partial charge >= 0.3 is 0 Å². The Morgan fingerprint density at radius 1 is 0.920 bits per heavy atom. The van der Waals surface area contributed by atoms with E-state index in [0.717, 1.165) is 11.4 Å². The Morgan fingerprint density at radius 2 is 1.48 bits per heavy atom. The maximum atomic E-state index is 11.5. The minimum Gasteiger partial charge on any atom is -0.332 e. The average Bonchev–Trinajstić information content (AvgIpc) is 2.54. The number of anilines is 2. The highest BCUT2D eigenvalue weighted by molar-refractivity contribution is 7.80. The number of nitrogens with one attached hydrogen (secondary N) is 2. The van der Waals surface area contributed by atoms with E-state index in [1.165, 1.54) is 11.1 Å². The first-order valence-electron chi connectivity index (χ1n) is 8.61. The van der Waals surface area contributed by atoms with Crippen LogP contribution in [0.1, 0.15) is 67.9 Å². The molecule has 132 valence electrons. The predicted molar refractivity (Wildman–Crippen MR) is 111 cm³/mol. The van der Waals surface area contributed by atoms with E-state index in [9.17, 15) is 4.79 Å². The van der Waals surface area contributed by atoms with Crippen LogP contribution in [0.25, 0.3) is 0 Å². The van der Waals surface area contributed by atoms with Crippen molar-refractivity contribution in [2.75, 3.05) is 10.6 Å². The first-order chi connectivity index (χ1) is 11.8. The summed E-state index contributed by atoms with van der Waals surface area (Å²) in [6.45, 7) is 10.3. The van der Waals surface area contributed by atoms with Crippen molar-refractivity contribution in [1.82, 2.24) is 0 Å². The van der Waals surface area contributed by atoms with Gasteiger partial charge in [-0.15, -0.1) is 0 Å². The second-order valence-corrected chi connectivity index (χ2v) is 7.25. The Morgan fingerprint density at radius 3 is 2.00 bits per heavy atom. The fourth-order valence-corrected chi connectivity index (χ4v) is 3.01. The molecule has 2 aromatic rings. The molecule has 0 bridgehead atoms. The molecule has 2 N–H and O–H groups in total. The Bertz CT molecular complexity index is 755. The number of benzene rings is 2. The molecule has 0 fully saturated rings. The van der Waals surface area contributed by atoms with Crippen LogP contribution in [-0.4, -0.2) is 10.9 Å². The molecule has 0 radical (unpaired) electrons. The summed E-state index contributed by atoms with van der Waals surface area (Å²) in [6.07, 6.45) is 0. The molecule has 2 aromatic carbocycles. The van der Waals surface area contributed by atoms with Crippen molar-refractivity contribution >= 4 is 34.5 Å². The van der Waals surface area contributed by atoms with E-state index in [2.05, 4.69) is 56.5 Å². The van der Waals surface area contributed by atoms with Gasteiger partial charge in [-0.1, -0.05) is 58.0 Å². The zero-order valence-corrected chi connectivity index (χ0v) is 16.3. The zero-order chi connectivity index (χ0) is 18.6. The number of para-hydroxylation sites is 1. The average molecular weight is 355 g/mol. The summed E-state index contributed by atoms with van der Waals surface area (Å²) >= 11 is 5.51. The summed E-state index contributed by atoms with van der Waals surface area (Å²) < 4.78 is 0. The van der Waals surface area contributed by atoms with Crippen LogP contribution in [0, 0.1) is 0 Å². The van der Waals surface area contributed by atoms with Crippen LogP contribution in [0.5, 0.6) is 0 Å². The summed E-state index contributed by atoms with van der Waals surface area (Å²) in [7, 11) is 0. The second-order valence-electron chi connectivity index (χ2n) is 6.84. The lowest BCUT2D eigenvalue weighted by molar-refractivity contribution is 0.101. The maximum absolute atomic E-state index is 11.5. The largest absolute Gasteiger partial charge is 0.332 e. The molecule has 0 aliphatic rings. The van der Waals surface area contributed by atoms with Gasteiger partial charge < -0.3 is 10.6 Å². The molecule has 25 heavy (non-hydrogen) atoms. The lowest BCUT2D eigenvalue weighted by Crippen LogP contribution is -2.21. The zero-order valence-electron chi connectivity index (χ0n) is 15.5. The molecule has 0 aliphatic heterocycles. The summed E-state index contributed by atoms with van der Waals surface area (Å²) in [4.78, 5) is 11.5. The van der Waals surface area contributed by atoms with Crippen molar-refractivity contribution in [2.45, 2.75) is 46.5 Å². The van der Waals surface area contributed by atoms with Crippen molar-refractivity contribution in [2.24, 2.45) is 0 Å². The van der Waals surface area contributed by atoms with Crippen LogP contribution in [0.4, 0.5) is 11.4 Å². The van der Waals surface area contributed by atoms with E-state index < -0.39 is 0 Å². The van der Waals surface area contributed by atoms with Crippen LogP contribution >= 0.6 is 12.2 Å². The maximum Gasteiger partial charge on any atom is 0.175 e. The second kappa shape index (κ2) is 8.26. The molecular weight excluding hydrogens is 328 g/mol. The quantitative estimate of drug-likeness (QED) is 0.514. The number of rotatable bonds is 5. The van der Waals surface area contributed by atoms with E-state index in [4.69, 9.17) is 12.2 Å². The van der Waals surface area contributed by atoms with Crippen molar-refractivity contribution in [1.29, 1.82) is 0 Å². The van der Waals surface area contributed by atoms with Gasteiger partial charge in [0.05, 0.1) is 0 Å². The highest BCUT2D eigenvalue weighted by Gasteiger charge is 2.14. The van der Waals surface area contributed by atoms with Gasteiger partial charge in [0.15, 0.2) is 10.9 Å². The number of carbonyl (C=O) groups is 1. The molecule has 0 saturated carbocycles. The van der Waals surface area contributed by atoms with E-state index in [1.54, 1.807) is 13.0 Å². The minimum absolute atomic E-state index is 0.0368. The smallest absolute Gasteiger partial charge is 0.175 e. The van der Waals surface area contributed by atoms with E-state index in [0.29, 0.717) is 22.5 Å². The van der Waals surface area contributed by atoms with E-state index in [-0.39, 0.29) is 5.78 Å². The Hall–Kier alpha value is -2.20. The highest BCUT2D eigenvalue weighted by Crippen LogP contribution is 2.32. The summed E-state index contributed by atoms with van der Waals surface area (Å²) in [5.74, 6) is 0.824. The van der Waals surface area contributed by atoms with E-state index >= 15 is 0 Å². The molecule has 3 nitrogen and oxygen atoms in total. The van der Waals surface area contributed by atoms with Gasteiger partial charge in [0.1, 0.15) is 0 Å². The van der Waals surface area contributed by atoms with Crippen molar-refractivity contribution in [3.05, 3.63) is 59.2 Å². The topological polar surface area (TPSA) is 41.1 Å². The van der Waals surface area contributed by atoms with Crippen molar-refractivity contribution < 1.29 is 4.79 Å². The minimum atomic E-state index is 0.0368. The molecule has 4 heteroatoms. The molecule has 0 heterocycles. The van der Waals surface area contributed by atoms with Crippen molar-refractivity contribution in [3.8, 4) is 0 Å². The van der Waals surface area contributed by atoms with Gasteiger partial charge in [-0.3, -0.25) is 4.79 Å². The normalized spacial score (nSPS) is 10.8. The van der Waals surface area contributed by atoms with Gasteiger partial charge in [0, 0.05) is 16.9 Å². The van der Waals surface area contributed by atoms with Crippen LogP contribution in [-0.2, 0) is 0 Å². The number of hydrogen-bond donors (Lipinski definition) is 2. The first-order valence-corrected chi connectivity index (χ1v) is 9.02. The lowest BCUT2D eigenvalue weighted by Gasteiger charge is -2.21. The van der Waals surface area contributed by atoms with Crippen LogP contribution in [0.3, 0.4) is 0 Å². The predicted octanol–water partition coefficient (Wildman–Crippen LogP) is 5.94. The van der Waals surface area contributed by atoms with E-state index in [1.807, 2.05) is 18.2 Å². The number of Topliss-reactive ketones (excluding diaryl/α,β-unsaturated/α-hetero) is 1. The monoisotopic (exact) mass is 354 g/mol. The highest BCUT2D eigenvalue weighted by atomic mass is 32.1. The van der Waals surface area contributed by atoms with Gasteiger partial charge in [-0.2, -0.15) is 0 Å². The number of carbonyl (C=O) groups excluding carboxylic acids is 1. The molecule has 0 unspecified atom stereocenters. The molecule has 0 aliphatic carbocycles. The third kappa shape index (κ3) is 4.89. The van der Waals surface area contributed by atoms with Crippen LogP contribution in [0.15, 0.2) is 42.5 Å². The standard InChI is InChI=1S/C21H26N2OS/c1-13(2)18-10-7-11-19(14(3)4)20(18)23-21(25)22-17-9-6-8-16(12-17)15(5)24/h6-14H,1-5H3,(H2,22,23,25). The fraction of sp³-hybridized carbons (Fsp3) is 0.333. The van der Waals surface area contributed by atoms with Gasteiger partial charge in [0.2, 0.25) is 0 Å². The van der Waals surface area contributed by atoms with Crippen molar-refractivity contribution in [3.63, 3.8) is 0 Å². The number of thiocarbonyl (C=S) groups is 1. The van der Waals surface area contributed by atoms with Gasteiger partial charge in [-0.05, 0) is 54.2 Å². The summed E-state index contributed by atoms with van der Waals surface area (Å²) in [5.41, 5.74) is 5.03. The van der Waals surface area contributed by atoms with Crippen LogP contribution < -0.4 is 10.6 Å². The third-order valence-electron chi connectivity index (χ3n) is 4.14. The lowest BCUT2D eigenvalue weighted by atomic mass is 9.93. The Balaban J connectivity index is 2.26. The van der Waals surface area contributed by atoms with Crippen LogP contribution in [0.2, 0.25) is 0 Å². The number of ketones is 1. The molecular formula is C21H26N2OS. The SMILES string of the molecule is CC(=O)c1cccc(NC(=S)Nc2c(C(C)C)cccc2C(C)C)c1. The summed E-state index contributed by atoms with van der Waals surface area (Å²) in [6, 6.07) is 13.7. The molecule has 0 aromatic heterocycles. The summed E-state index contributed by atoms with van der Waals surface area (Å²) in [5, 5.41) is 7.08. The third-order valence-corrected chi connectivity index (χ3v) is 4.34. The first kappa shape index (κ1) is 19.1. The molecule has 0 amide bonds. The molecule has 0 spiro atoms. The Kier molecular flexibility index (Phi) is 6.32. The molecule has 2 rings (SSSR count). The molecule has 0 atom stereocenters.